The highest BCUT2D eigenvalue weighted by Crippen LogP contribution is 2.27. The summed E-state index contributed by atoms with van der Waals surface area (Å²) in [5, 5.41) is 66.4. The molecule has 1 aliphatic heterocycles. The van der Waals surface area contributed by atoms with Gasteiger partial charge in [-0.1, -0.05) is 6.07 Å². The lowest BCUT2D eigenvalue weighted by atomic mass is 9.99. The maximum Gasteiger partial charge on any atom is 0.333 e. The number of aliphatic hydroxyl groups excluding tert-OH is 4. The number of rotatable bonds is 6. The van der Waals surface area contributed by atoms with Gasteiger partial charge in [0.05, 0.1) is 6.61 Å². The van der Waals surface area contributed by atoms with Crippen LogP contribution in [0.3, 0.4) is 0 Å². The molecule has 1 saturated heterocycles. The molecule has 1 heterocycles. The van der Waals surface area contributed by atoms with Gasteiger partial charge in [-0.2, -0.15) is 0 Å². The van der Waals surface area contributed by atoms with Crippen LogP contribution in [0.25, 0.3) is 0 Å². The first-order chi connectivity index (χ1) is 11.7. The number of hydrogen-bond acceptors (Lipinski definition) is 9. The van der Waals surface area contributed by atoms with E-state index in [0.717, 1.165) is 6.07 Å². The standard InChI is InChI=1S/C15H20O10/c16-5-10-11(19)12(20)13(21)15(25-10)24-9(14(22)23)4-6-1-2-7(17)8(18)3-6/h1-3,9-13,15-21H,4-5H2,(H,22,23)/t9?,10-,11-,12+,13-,15-/m1/s1. The SMILES string of the molecule is O=C(O)C(Cc1ccc(O)c(O)c1)O[C@@H]1O[C@H](CO)[C@@H](O)[C@H](O)[C@H]1O. The molecule has 0 amide bonds. The van der Waals surface area contributed by atoms with Gasteiger partial charge in [-0.15, -0.1) is 0 Å². The number of aliphatic carboxylic acids is 1. The van der Waals surface area contributed by atoms with Crippen molar-refractivity contribution in [3.63, 3.8) is 0 Å². The molecule has 10 nitrogen and oxygen atoms in total. The molecule has 2 rings (SSSR count). The first kappa shape index (κ1) is 19.4. The van der Waals surface area contributed by atoms with Gasteiger partial charge < -0.3 is 45.2 Å². The molecule has 0 radical (unpaired) electrons. The van der Waals surface area contributed by atoms with Gasteiger partial charge in [0.25, 0.3) is 0 Å². The van der Waals surface area contributed by atoms with Gasteiger partial charge in [0, 0.05) is 6.42 Å². The Morgan fingerprint density at radius 3 is 2.36 bits per heavy atom. The summed E-state index contributed by atoms with van der Waals surface area (Å²) >= 11 is 0. The van der Waals surface area contributed by atoms with Crippen LogP contribution in [0.2, 0.25) is 0 Å². The van der Waals surface area contributed by atoms with Crippen LogP contribution in [0.1, 0.15) is 5.56 Å². The Hall–Kier alpha value is -1.95. The largest absolute Gasteiger partial charge is 0.504 e. The van der Waals surface area contributed by atoms with Crippen molar-refractivity contribution in [3.05, 3.63) is 23.8 Å². The lowest BCUT2D eigenvalue weighted by molar-refractivity contribution is -0.309. The van der Waals surface area contributed by atoms with Gasteiger partial charge >= 0.3 is 5.97 Å². The van der Waals surface area contributed by atoms with E-state index < -0.39 is 55.1 Å². The Morgan fingerprint density at radius 2 is 1.80 bits per heavy atom. The number of carboxylic acids is 1. The molecule has 10 heteroatoms. The zero-order chi connectivity index (χ0) is 18.7. The molecule has 140 valence electrons. The Morgan fingerprint density at radius 1 is 1.12 bits per heavy atom. The normalized spacial score (nSPS) is 30.8. The number of aliphatic hydroxyl groups is 4. The molecule has 0 saturated carbocycles. The van der Waals surface area contributed by atoms with Crippen LogP contribution >= 0.6 is 0 Å². The summed E-state index contributed by atoms with van der Waals surface area (Å²) in [6.07, 6.45) is -9.59. The van der Waals surface area contributed by atoms with Gasteiger partial charge in [0.15, 0.2) is 23.9 Å². The number of benzene rings is 1. The smallest absolute Gasteiger partial charge is 0.333 e. The van der Waals surface area contributed by atoms with E-state index in [1.54, 1.807) is 0 Å². The Balaban J connectivity index is 2.12. The van der Waals surface area contributed by atoms with Crippen LogP contribution in [0, 0.1) is 0 Å². The summed E-state index contributed by atoms with van der Waals surface area (Å²) < 4.78 is 10.3. The second kappa shape index (κ2) is 7.95. The maximum atomic E-state index is 11.4. The molecule has 0 bridgehead atoms. The molecule has 7 N–H and O–H groups in total. The van der Waals surface area contributed by atoms with E-state index in [4.69, 9.17) is 14.6 Å². The number of aromatic hydroxyl groups is 2. The van der Waals surface area contributed by atoms with Crippen molar-refractivity contribution < 1.29 is 50.0 Å². The summed E-state index contributed by atoms with van der Waals surface area (Å²) in [7, 11) is 0. The number of ether oxygens (including phenoxy) is 2. The van der Waals surface area contributed by atoms with Crippen molar-refractivity contribution in [2.45, 2.75) is 43.2 Å². The van der Waals surface area contributed by atoms with Crippen molar-refractivity contribution in [3.8, 4) is 11.5 Å². The predicted molar refractivity (Wildman–Crippen MR) is 79.8 cm³/mol. The second-order valence-electron chi connectivity index (χ2n) is 5.69. The quantitative estimate of drug-likeness (QED) is 0.278. The minimum Gasteiger partial charge on any atom is -0.504 e. The summed E-state index contributed by atoms with van der Waals surface area (Å²) in [4.78, 5) is 11.4. The third kappa shape index (κ3) is 4.37. The molecule has 1 unspecified atom stereocenters. The van der Waals surface area contributed by atoms with Crippen LogP contribution in [0.5, 0.6) is 11.5 Å². The highest BCUT2D eigenvalue weighted by atomic mass is 16.7. The third-order valence-electron chi connectivity index (χ3n) is 3.88. The fourth-order valence-electron chi connectivity index (χ4n) is 2.45. The number of carboxylic acid groups (broad SMARTS) is 1. The summed E-state index contributed by atoms with van der Waals surface area (Å²) in [6, 6.07) is 3.71. The number of carbonyl (C=O) groups is 1. The zero-order valence-electron chi connectivity index (χ0n) is 13.0. The minimum atomic E-state index is -1.73. The molecule has 6 atom stereocenters. The third-order valence-corrected chi connectivity index (χ3v) is 3.88. The van der Waals surface area contributed by atoms with E-state index >= 15 is 0 Å². The first-order valence-electron chi connectivity index (χ1n) is 7.44. The van der Waals surface area contributed by atoms with E-state index in [1.807, 2.05) is 0 Å². The van der Waals surface area contributed by atoms with E-state index in [9.17, 15) is 35.4 Å². The van der Waals surface area contributed by atoms with Crippen LogP contribution in [0.15, 0.2) is 18.2 Å². The molecular formula is C15H20O10. The molecule has 0 spiro atoms. The van der Waals surface area contributed by atoms with Gasteiger partial charge in [0.2, 0.25) is 0 Å². The van der Waals surface area contributed by atoms with Crippen molar-refractivity contribution >= 4 is 5.97 Å². The Bertz CT molecular complexity index is 604. The van der Waals surface area contributed by atoms with Crippen LogP contribution < -0.4 is 0 Å². The lowest BCUT2D eigenvalue weighted by Crippen LogP contribution is -2.60. The van der Waals surface area contributed by atoms with Crippen LogP contribution in [0.4, 0.5) is 0 Å². The van der Waals surface area contributed by atoms with Crippen LogP contribution in [-0.2, 0) is 20.7 Å². The van der Waals surface area contributed by atoms with E-state index in [2.05, 4.69) is 0 Å². The average Bonchev–Trinajstić information content (AvgIpc) is 2.57. The molecule has 1 aromatic rings. The summed E-state index contributed by atoms with van der Waals surface area (Å²) in [6.45, 7) is -0.672. The fraction of sp³-hybridized carbons (Fsp3) is 0.533. The predicted octanol–water partition coefficient (Wildman–Crippen LogP) is -2.09. The van der Waals surface area contributed by atoms with Gasteiger partial charge in [0.1, 0.15) is 24.4 Å². The van der Waals surface area contributed by atoms with Crippen LogP contribution in [-0.4, -0.2) is 85.1 Å². The highest BCUT2D eigenvalue weighted by molar-refractivity contribution is 5.72. The molecule has 0 aromatic heterocycles. The van der Waals surface area contributed by atoms with Crippen molar-refractivity contribution in [2.75, 3.05) is 6.61 Å². The first-order valence-corrected chi connectivity index (χ1v) is 7.44. The molecule has 1 fully saturated rings. The van der Waals surface area contributed by atoms with Crippen molar-refractivity contribution in [1.29, 1.82) is 0 Å². The monoisotopic (exact) mass is 360 g/mol. The number of phenols is 2. The molecule has 0 aliphatic carbocycles. The Kier molecular flexibility index (Phi) is 6.16. The molecule has 1 aromatic carbocycles. The maximum absolute atomic E-state index is 11.4. The van der Waals surface area contributed by atoms with E-state index in [1.165, 1.54) is 12.1 Å². The summed E-state index contributed by atoms with van der Waals surface area (Å²) in [5.41, 5.74) is 0.326. The molecular weight excluding hydrogens is 340 g/mol. The second-order valence-corrected chi connectivity index (χ2v) is 5.69. The van der Waals surface area contributed by atoms with Gasteiger partial charge in [-0.25, -0.2) is 4.79 Å². The van der Waals surface area contributed by atoms with Gasteiger partial charge in [-0.3, -0.25) is 0 Å². The Labute approximate surface area is 142 Å². The van der Waals surface area contributed by atoms with Crippen molar-refractivity contribution in [1.82, 2.24) is 0 Å². The number of hydrogen-bond donors (Lipinski definition) is 7. The molecule has 1 aliphatic rings. The van der Waals surface area contributed by atoms with E-state index in [0.29, 0.717) is 5.56 Å². The lowest BCUT2D eigenvalue weighted by Gasteiger charge is -2.40. The highest BCUT2D eigenvalue weighted by Gasteiger charge is 2.45. The molecule has 25 heavy (non-hydrogen) atoms. The number of phenolic OH excluding ortho intramolecular Hbond substituents is 2. The zero-order valence-corrected chi connectivity index (χ0v) is 13.0. The fourth-order valence-corrected chi connectivity index (χ4v) is 2.45. The van der Waals surface area contributed by atoms with Gasteiger partial charge in [-0.05, 0) is 17.7 Å². The van der Waals surface area contributed by atoms with Crippen molar-refractivity contribution in [2.24, 2.45) is 0 Å². The average molecular weight is 360 g/mol. The minimum absolute atomic E-state index is 0.238. The topological polar surface area (TPSA) is 177 Å². The summed E-state index contributed by atoms with van der Waals surface area (Å²) in [5.74, 6) is -2.20. The van der Waals surface area contributed by atoms with E-state index in [-0.39, 0.29) is 12.2 Å².